The van der Waals surface area contributed by atoms with Crippen molar-refractivity contribution in [3.63, 3.8) is 0 Å². The zero-order valence-corrected chi connectivity index (χ0v) is 18.2. The number of carboxylic acids is 1. The van der Waals surface area contributed by atoms with E-state index in [-0.39, 0.29) is 18.0 Å². The van der Waals surface area contributed by atoms with Gasteiger partial charge in [0.2, 0.25) is 0 Å². The van der Waals surface area contributed by atoms with E-state index in [0.717, 1.165) is 47.0 Å². The van der Waals surface area contributed by atoms with Crippen molar-refractivity contribution in [1.29, 1.82) is 0 Å². The zero-order valence-electron chi connectivity index (χ0n) is 18.2. The molecule has 0 saturated carbocycles. The third-order valence-electron chi connectivity index (χ3n) is 6.79. The summed E-state index contributed by atoms with van der Waals surface area (Å²) in [6, 6.07) is 28.9. The minimum absolute atomic E-state index is 0.0365. The SMILES string of the molecule is CC(C1CCCN1)n1c(C(=O)O)c(C(c2ccccc2)c2ccccc2)c2ccccc21. The van der Waals surface area contributed by atoms with Crippen molar-refractivity contribution in [2.45, 2.75) is 37.8 Å². The van der Waals surface area contributed by atoms with Gasteiger partial charge in [0.1, 0.15) is 5.69 Å². The number of aromatic nitrogens is 1. The van der Waals surface area contributed by atoms with E-state index < -0.39 is 5.97 Å². The second-order valence-electron chi connectivity index (χ2n) is 8.65. The molecular weight excluding hydrogens is 396 g/mol. The molecule has 4 heteroatoms. The number of hydrogen-bond acceptors (Lipinski definition) is 2. The Morgan fingerprint density at radius 3 is 2.09 bits per heavy atom. The average Bonchev–Trinajstić information content (AvgIpc) is 3.48. The number of para-hydroxylation sites is 1. The van der Waals surface area contributed by atoms with Gasteiger partial charge in [-0.15, -0.1) is 0 Å². The average molecular weight is 425 g/mol. The molecule has 0 amide bonds. The van der Waals surface area contributed by atoms with Crippen molar-refractivity contribution in [3.8, 4) is 0 Å². The van der Waals surface area contributed by atoms with E-state index in [1.165, 1.54) is 0 Å². The van der Waals surface area contributed by atoms with Gasteiger partial charge in [0.15, 0.2) is 0 Å². The zero-order chi connectivity index (χ0) is 22.1. The summed E-state index contributed by atoms with van der Waals surface area (Å²) in [5.74, 6) is -1.05. The van der Waals surface area contributed by atoms with Crippen LogP contribution in [0.3, 0.4) is 0 Å². The van der Waals surface area contributed by atoms with E-state index in [1.54, 1.807) is 0 Å². The van der Waals surface area contributed by atoms with Crippen LogP contribution in [-0.4, -0.2) is 28.2 Å². The molecule has 1 aliphatic heterocycles. The Morgan fingerprint density at radius 1 is 0.938 bits per heavy atom. The van der Waals surface area contributed by atoms with Crippen LogP contribution in [0.25, 0.3) is 10.9 Å². The first kappa shape index (κ1) is 20.5. The molecule has 1 aromatic heterocycles. The Hall–Kier alpha value is -3.37. The van der Waals surface area contributed by atoms with Crippen molar-refractivity contribution in [2.24, 2.45) is 0 Å². The van der Waals surface area contributed by atoms with Crippen LogP contribution in [0.15, 0.2) is 84.9 Å². The summed E-state index contributed by atoms with van der Waals surface area (Å²) in [4.78, 5) is 12.9. The quantitative estimate of drug-likeness (QED) is 0.409. The Morgan fingerprint density at radius 2 is 1.53 bits per heavy atom. The lowest BCUT2D eigenvalue weighted by atomic mass is 9.83. The monoisotopic (exact) mass is 424 g/mol. The molecule has 0 radical (unpaired) electrons. The fourth-order valence-corrected chi connectivity index (χ4v) is 5.34. The molecule has 1 saturated heterocycles. The molecule has 2 atom stereocenters. The van der Waals surface area contributed by atoms with Crippen LogP contribution < -0.4 is 5.32 Å². The summed E-state index contributed by atoms with van der Waals surface area (Å²) in [5.41, 5.74) is 4.44. The summed E-state index contributed by atoms with van der Waals surface area (Å²) < 4.78 is 2.06. The van der Waals surface area contributed by atoms with Crippen LogP contribution in [0, 0.1) is 0 Å². The van der Waals surface area contributed by atoms with E-state index in [2.05, 4.69) is 53.2 Å². The Labute approximate surface area is 188 Å². The molecule has 0 spiro atoms. The largest absolute Gasteiger partial charge is 0.477 e. The highest BCUT2D eigenvalue weighted by Gasteiger charge is 2.33. The maximum atomic E-state index is 12.9. The topological polar surface area (TPSA) is 54.3 Å². The molecule has 0 bridgehead atoms. The van der Waals surface area contributed by atoms with E-state index in [9.17, 15) is 9.90 Å². The number of aromatic carboxylic acids is 1. The van der Waals surface area contributed by atoms with E-state index in [4.69, 9.17) is 0 Å². The second kappa shape index (κ2) is 8.64. The summed E-state index contributed by atoms with van der Waals surface area (Å²) >= 11 is 0. The van der Waals surface area contributed by atoms with Gasteiger partial charge in [-0.2, -0.15) is 0 Å². The van der Waals surface area contributed by atoms with E-state index in [1.807, 2.05) is 48.5 Å². The molecule has 2 heterocycles. The predicted octanol–water partition coefficient (Wildman–Crippen LogP) is 5.83. The molecule has 5 rings (SSSR count). The molecule has 0 aliphatic carbocycles. The molecule has 3 aromatic carbocycles. The summed E-state index contributed by atoms with van der Waals surface area (Å²) in [6.07, 6.45) is 2.18. The van der Waals surface area contributed by atoms with Crippen LogP contribution in [0.1, 0.15) is 58.9 Å². The first-order valence-electron chi connectivity index (χ1n) is 11.4. The third-order valence-corrected chi connectivity index (χ3v) is 6.79. The van der Waals surface area contributed by atoms with Gasteiger partial charge in [-0.1, -0.05) is 78.9 Å². The highest BCUT2D eigenvalue weighted by molar-refractivity contribution is 5.99. The summed E-state index contributed by atoms with van der Waals surface area (Å²) in [5, 5.41) is 15.1. The molecule has 1 aliphatic rings. The number of fused-ring (bicyclic) bond motifs is 1. The Bertz CT molecular complexity index is 1190. The standard InChI is InChI=1S/C28H28N2O2/c1-19(23-16-10-18-29-23)30-24-17-9-8-15-22(24)26(27(30)28(31)32)25(20-11-4-2-5-12-20)21-13-6-3-7-14-21/h2-9,11-15,17,19,23,25,29H,10,16,18H2,1H3,(H,31,32). The molecular formula is C28H28N2O2. The van der Waals surface area contributed by atoms with Crippen LogP contribution in [0.4, 0.5) is 0 Å². The van der Waals surface area contributed by atoms with Crippen LogP contribution in [-0.2, 0) is 0 Å². The molecule has 4 nitrogen and oxygen atoms in total. The van der Waals surface area contributed by atoms with Gasteiger partial charge in [0.05, 0.1) is 0 Å². The number of nitrogens with zero attached hydrogens (tertiary/aromatic N) is 1. The fraction of sp³-hybridized carbons (Fsp3) is 0.250. The molecule has 32 heavy (non-hydrogen) atoms. The number of hydrogen-bond donors (Lipinski definition) is 2. The van der Waals surface area contributed by atoms with Gasteiger partial charge in [-0.3, -0.25) is 0 Å². The van der Waals surface area contributed by atoms with Gasteiger partial charge in [-0.25, -0.2) is 4.79 Å². The number of nitrogens with one attached hydrogen (secondary N) is 1. The van der Waals surface area contributed by atoms with Crippen LogP contribution >= 0.6 is 0 Å². The lowest BCUT2D eigenvalue weighted by Gasteiger charge is -2.25. The van der Waals surface area contributed by atoms with Crippen LogP contribution in [0.5, 0.6) is 0 Å². The highest BCUT2D eigenvalue weighted by Crippen LogP contribution is 2.42. The number of carboxylic acid groups (broad SMARTS) is 1. The van der Waals surface area contributed by atoms with E-state index >= 15 is 0 Å². The number of rotatable bonds is 6. The molecule has 1 fully saturated rings. The highest BCUT2D eigenvalue weighted by atomic mass is 16.4. The van der Waals surface area contributed by atoms with Crippen molar-refractivity contribution in [2.75, 3.05) is 6.54 Å². The number of carbonyl (C=O) groups is 1. The van der Waals surface area contributed by atoms with Crippen molar-refractivity contribution < 1.29 is 9.90 Å². The smallest absolute Gasteiger partial charge is 0.352 e. The molecule has 2 N–H and O–H groups in total. The summed E-state index contributed by atoms with van der Waals surface area (Å²) in [7, 11) is 0. The van der Waals surface area contributed by atoms with Gasteiger partial charge < -0.3 is 15.0 Å². The van der Waals surface area contributed by atoms with Crippen LogP contribution in [0.2, 0.25) is 0 Å². The van der Waals surface area contributed by atoms with Gasteiger partial charge >= 0.3 is 5.97 Å². The maximum absolute atomic E-state index is 12.9. The van der Waals surface area contributed by atoms with Gasteiger partial charge in [0.25, 0.3) is 0 Å². The van der Waals surface area contributed by atoms with Gasteiger partial charge in [-0.05, 0) is 43.5 Å². The predicted molar refractivity (Wildman–Crippen MR) is 128 cm³/mol. The number of benzene rings is 3. The lowest BCUT2D eigenvalue weighted by molar-refractivity contribution is 0.0681. The third kappa shape index (κ3) is 3.51. The molecule has 162 valence electrons. The van der Waals surface area contributed by atoms with E-state index in [0.29, 0.717) is 5.69 Å². The van der Waals surface area contributed by atoms with Crippen molar-refractivity contribution >= 4 is 16.9 Å². The van der Waals surface area contributed by atoms with Crippen molar-refractivity contribution in [3.05, 3.63) is 107 Å². The first-order chi connectivity index (χ1) is 15.7. The lowest BCUT2D eigenvalue weighted by Crippen LogP contribution is -2.32. The molecule has 4 aromatic rings. The second-order valence-corrected chi connectivity index (χ2v) is 8.65. The van der Waals surface area contributed by atoms with Gasteiger partial charge in [0, 0.05) is 34.5 Å². The fourth-order valence-electron chi connectivity index (χ4n) is 5.34. The van der Waals surface area contributed by atoms with Crippen molar-refractivity contribution in [1.82, 2.24) is 9.88 Å². The first-order valence-corrected chi connectivity index (χ1v) is 11.4. The molecule has 2 unspecified atom stereocenters. The summed E-state index contributed by atoms with van der Waals surface area (Å²) in [6.45, 7) is 3.13. The minimum Gasteiger partial charge on any atom is -0.477 e. The Kier molecular flexibility index (Phi) is 5.54. The Balaban J connectivity index is 1.83. The maximum Gasteiger partial charge on any atom is 0.352 e. The normalized spacial score (nSPS) is 17.1. The minimum atomic E-state index is -0.877.